The van der Waals surface area contributed by atoms with E-state index in [-0.39, 0.29) is 17.2 Å². The molecule has 4 aromatic rings. The van der Waals surface area contributed by atoms with E-state index in [1.807, 2.05) is 58.9 Å². The van der Waals surface area contributed by atoms with Crippen LogP contribution in [0.15, 0.2) is 58.5 Å². The molecular formula is C27H28N4O2S3. The largest absolute Gasteiger partial charge is 0.342 e. The Morgan fingerprint density at radius 3 is 2.44 bits per heavy atom. The first kappa shape index (κ1) is 24.9. The molecule has 9 heteroatoms. The maximum Gasteiger partial charge on any atom is 0.278 e. The van der Waals surface area contributed by atoms with Crippen LogP contribution in [-0.2, 0) is 4.79 Å². The highest BCUT2D eigenvalue weighted by molar-refractivity contribution is 7.99. The number of thioether (sulfide) groups is 1. The van der Waals surface area contributed by atoms with Crippen LogP contribution in [0.5, 0.6) is 0 Å². The average molecular weight is 537 g/mol. The Bertz CT molecular complexity index is 1530. The number of aromatic nitrogens is 3. The second-order valence-electron chi connectivity index (χ2n) is 9.10. The Morgan fingerprint density at radius 2 is 1.75 bits per heavy atom. The van der Waals surface area contributed by atoms with Crippen LogP contribution in [0.3, 0.4) is 0 Å². The molecule has 1 aliphatic rings. The van der Waals surface area contributed by atoms with Crippen LogP contribution >= 0.6 is 35.3 Å². The van der Waals surface area contributed by atoms with E-state index in [9.17, 15) is 9.59 Å². The molecule has 3 heterocycles. The van der Waals surface area contributed by atoms with Crippen molar-refractivity contribution in [1.82, 2.24) is 19.0 Å². The fourth-order valence-electron chi connectivity index (χ4n) is 4.64. The Kier molecular flexibility index (Phi) is 7.41. The van der Waals surface area contributed by atoms with Gasteiger partial charge in [0.05, 0.1) is 17.1 Å². The van der Waals surface area contributed by atoms with Gasteiger partial charge in [0, 0.05) is 13.1 Å². The van der Waals surface area contributed by atoms with Gasteiger partial charge in [-0.1, -0.05) is 71.8 Å². The SMILES string of the molecule is Cc1ccc(-n2c(=S)sc3c(=O)n(-c4ccccc4)c(SCC(=O)N4CCCCCC4)nc32)c(C)c1. The number of carbonyl (C=O) groups excluding carboxylic acids is 1. The molecule has 5 rings (SSSR count). The number of amides is 1. The van der Waals surface area contributed by atoms with E-state index in [1.54, 1.807) is 4.57 Å². The van der Waals surface area contributed by atoms with E-state index in [2.05, 4.69) is 13.0 Å². The zero-order valence-corrected chi connectivity index (χ0v) is 22.8. The van der Waals surface area contributed by atoms with E-state index in [0.29, 0.717) is 19.5 Å². The van der Waals surface area contributed by atoms with Crippen LogP contribution in [-0.4, -0.2) is 43.8 Å². The molecule has 2 aromatic heterocycles. The predicted molar refractivity (Wildman–Crippen MR) is 151 cm³/mol. The van der Waals surface area contributed by atoms with Crippen molar-refractivity contribution in [2.24, 2.45) is 0 Å². The average Bonchev–Trinajstić information content (AvgIpc) is 3.02. The second-order valence-corrected chi connectivity index (χ2v) is 11.7. The third-order valence-corrected chi connectivity index (χ3v) is 8.74. The molecule has 2 aromatic carbocycles. The van der Waals surface area contributed by atoms with Gasteiger partial charge in [-0.05, 0) is 62.7 Å². The normalized spacial score (nSPS) is 14.2. The van der Waals surface area contributed by atoms with Crippen LogP contribution < -0.4 is 5.56 Å². The standard InChI is InChI=1S/C27H28N4O2S3/c1-18-12-13-21(19(2)16-18)31-24-23(36-27(31)34)25(33)30(20-10-6-5-7-11-20)26(28-24)35-17-22(32)29-14-8-3-4-9-15-29/h5-7,10-13,16H,3-4,8-9,14-15,17H2,1-2H3. The molecule has 0 spiro atoms. The van der Waals surface area contributed by atoms with Crippen molar-refractivity contribution in [3.8, 4) is 11.4 Å². The van der Waals surface area contributed by atoms with Crippen LogP contribution in [0.25, 0.3) is 21.7 Å². The number of hydrogen-bond donors (Lipinski definition) is 0. The summed E-state index contributed by atoms with van der Waals surface area (Å²) >= 11 is 8.32. The zero-order valence-electron chi connectivity index (χ0n) is 20.4. The Morgan fingerprint density at radius 1 is 1.03 bits per heavy atom. The number of thiazole rings is 1. The van der Waals surface area contributed by atoms with Gasteiger partial charge in [-0.3, -0.25) is 18.7 Å². The molecule has 0 saturated carbocycles. The summed E-state index contributed by atoms with van der Waals surface area (Å²) in [6.45, 7) is 5.69. The zero-order chi connectivity index (χ0) is 25.2. The maximum absolute atomic E-state index is 13.8. The first-order valence-electron chi connectivity index (χ1n) is 12.2. The lowest BCUT2D eigenvalue weighted by Gasteiger charge is -2.20. The van der Waals surface area contributed by atoms with Gasteiger partial charge < -0.3 is 4.90 Å². The van der Waals surface area contributed by atoms with Gasteiger partial charge in [0.1, 0.15) is 4.70 Å². The Balaban J connectivity index is 1.63. The Hall–Kier alpha value is -2.75. The number of fused-ring (bicyclic) bond motifs is 1. The number of para-hydroxylation sites is 1. The first-order valence-corrected chi connectivity index (χ1v) is 14.4. The quantitative estimate of drug-likeness (QED) is 0.176. The van der Waals surface area contributed by atoms with Gasteiger partial charge in [-0.15, -0.1) is 0 Å². The molecule has 0 aliphatic carbocycles. The van der Waals surface area contributed by atoms with Crippen LogP contribution in [0.4, 0.5) is 0 Å². The van der Waals surface area contributed by atoms with E-state index < -0.39 is 0 Å². The fraction of sp³-hybridized carbons (Fsp3) is 0.333. The van der Waals surface area contributed by atoms with Crippen molar-refractivity contribution in [2.45, 2.75) is 44.7 Å². The number of carbonyl (C=O) groups is 1. The number of likely N-dealkylation sites (tertiary alicyclic amines) is 1. The number of benzene rings is 2. The van der Waals surface area contributed by atoms with Crippen molar-refractivity contribution in [3.05, 3.63) is 74.0 Å². The Labute approximate surface area is 223 Å². The summed E-state index contributed by atoms with van der Waals surface area (Å²) in [4.78, 5) is 33.8. The fourth-order valence-corrected chi connectivity index (χ4v) is 6.84. The summed E-state index contributed by atoms with van der Waals surface area (Å²) in [6, 6.07) is 15.6. The van der Waals surface area contributed by atoms with E-state index in [0.717, 1.165) is 48.4 Å². The summed E-state index contributed by atoms with van der Waals surface area (Å²) in [7, 11) is 0. The van der Waals surface area contributed by atoms with E-state index in [1.165, 1.54) is 35.9 Å². The summed E-state index contributed by atoms with van der Waals surface area (Å²) in [5.41, 5.74) is 4.22. The minimum atomic E-state index is -0.171. The molecule has 0 atom stereocenters. The third-order valence-electron chi connectivity index (χ3n) is 6.47. The smallest absolute Gasteiger partial charge is 0.278 e. The highest BCUT2D eigenvalue weighted by Gasteiger charge is 2.22. The van der Waals surface area contributed by atoms with Crippen LogP contribution in [0, 0.1) is 17.8 Å². The summed E-state index contributed by atoms with van der Waals surface area (Å²) in [5.74, 6) is 0.326. The van der Waals surface area contributed by atoms with Crippen LogP contribution in [0.1, 0.15) is 36.8 Å². The molecule has 0 N–H and O–H groups in total. The van der Waals surface area contributed by atoms with Gasteiger partial charge in [-0.25, -0.2) is 4.98 Å². The molecule has 1 amide bonds. The molecule has 36 heavy (non-hydrogen) atoms. The van der Waals surface area contributed by atoms with E-state index >= 15 is 0 Å². The van der Waals surface area contributed by atoms with Gasteiger partial charge >= 0.3 is 0 Å². The number of aryl methyl sites for hydroxylation is 2. The van der Waals surface area contributed by atoms with Gasteiger partial charge in [0.25, 0.3) is 5.56 Å². The molecule has 0 unspecified atom stereocenters. The molecule has 6 nitrogen and oxygen atoms in total. The topological polar surface area (TPSA) is 60.1 Å². The predicted octanol–water partition coefficient (Wildman–Crippen LogP) is 6.08. The molecule has 0 bridgehead atoms. The molecule has 1 fully saturated rings. The van der Waals surface area contributed by atoms with Gasteiger partial charge in [0.15, 0.2) is 14.8 Å². The molecule has 1 saturated heterocycles. The lowest BCUT2D eigenvalue weighted by Crippen LogP contribution is -2.33. The summed E-state index contributed by atoms with van der Waals surface area (Å²) < 4.78 is 4.58. The number of hydrogen-bond acceptors (Lipinski definition) is 6. The molecule has 0 radical (unpaired) electrons. The minimum absolute atomic E-state index is 0.0902. The maximum atomic E-state index is 13.8. The highest BCUT2D eigenvalue weighted by Crippen LogP contribution is 2.29. The minimum Gasteiger partial charge on any atom is -0.342 e. The molecule has 186 valence electrons. The summed E-state index contributed by atoms with van der Waals surface area (Å²) in [5, 5.41) is 0.494. The van der Waals surface area contributed by atoms with Crippen molar-refractivity contribution < 1.29 is 4.79 Å². The number of rotatable bonds is 5. The molecule has 1 aliphatic heterocycles. The molecular weight excluding hydrogens is 509 g/mol. The lowest BCUT2D eigenvalue weighted by molar-refractivity contribution is -0.128. The van der Waals surface area contributed by atoms with Crippen LogP contribution in [0.2, 0.25) is 0 Å². The van der Waals surface area contributed by atoms with Crippen molar-refractivity contribution in [1.29, 1.82) is 0 Å². The van der Waals surface area contributed by atoms with E-state index in [4.69, 9.17) is 17.2 Å². The second kappa shape index (κ2) is 10.7. The monoisotopic (exact) mass is 536 g/mol. The summed E-state index contributed by atoms with van der Waals surface area (Å²) in [6.07, 6.45) is 4.43. The van der Waals surface area contributed by atoms with Gasteiger partial charge in [-0.2, -0.15) is 0 Å². The first-order chi connectivity index (χ1) is 17.4. The van der Waals surface area contributed by atoms with Crippen molar-refractivity contribution in [2.75, 3.05) is 18.8 Å². The van der Waals surface area contributed by atoms with Crippen molar-refractivity contribution >= 4 is 51.6 Å². The number of nitrogens with zero attached hydrogens (tertiary/aromatic N) is 4. The van der Waals surface area contributed by atoms with Crippen molar-refractivity contribution in [3.63, 3.8) is 0 Å². The van der Waals surface area contributed by atoms with Gasteiger partial charge in [0.2, 0.25) is 5.91 Å². The lowest BCUT2D eigenvalue weighted by atomic mass is 10.1. The third kappa shape index (κ3) is 4.92. The highest BCUT2D eigenvalue weighted by atomic mass is 32.2.